The minimum atomic E-state index is -0.392. The molecule has 1 heterocycles. The van der Waals surface area contributed by atoms with E-state index in [4.69, 9.17) is 17.3 Å². The van der Waals surface area contributed by atoms with Gasteiger partial charge in [-0.2, -0.15) is 9.78 Å². The number of aromatic nitrogens is 2. The molecule has 0 unspecified atom stereocenters. The second kappa shape index (κ2) is 4.46. The Hall–Kier alpha value is -1.81. The lowest BCUT2D eigenvalue weighted by Crippen LogP contribution is -2.25. The predicted molar refractivity (Wildman–Crippen MR) is 73.5 cm³/mol. The Kier molecular flexibility index (Phi) is 3.13. The van der Waals surface area contributed by atoms with E-state index in [1.807, 2.05) is 32.0 Å². The molecule has 0 aliphatic rings. The Bertz CT molecular complexity index is 656. The van der Waals surface area contributed by atoms with E-state index in [0.29, 0.717) is 5.69 Å². The highest BCUT2D eigenvalue weighted by Crippen LogP contribution is 2.20. The highest BCUT2D eigenvalue weighted by Gasteiger charge is 2.14. The smallest absolute Gasteiger partial charge is 0.292 e. The van der Waals surface area contributed by atoms with Crippen molar-refractivity contribution in [2.75, 3.05) is 5.73 Å². The van der Waals surface area contributed by atoms with Crippen LogP contribution in [-0.2, 0) is 0 Å². The standard InChI is InChI=1S/C13H14ClN3O/c1-7-5-4-6-8(2)12(7)17-13(18)10(14)11(15)9(3)16-17/h4-6H,15H2,1-3H3. The molecule has 0 aliphatic heterocycles. The highest BCUT2D eigenvalue weighted by atomic mass is 35.5. The first-order valence-electron chi connectivity index (χ1n) is 5.55. The Morgan fingerprint density at radius 1 is 1.22 bits per heavy atom. The number of benzene rings is 1. The SMILES string of the molecule is Cc1cccc(C)c1-n1nc(C)c(N)c(Cl)c1=O. The zero-order valence-corrected chi connectivity index (χ0v) is 11.2. The molecule has 1 aromatic carbocycles. The van der Waals surface area contributed by atoms with Crippen LogP contribution in [0.3, 0.4) is 0 Å². The molecule has 18 heavy (non-hydrogen) atoms. The number of rotatable bonds is 1. The molecule has 2 rings (SSSR count). The largest absolute Gasteiger partial charge is 0.396 e. The number of nitrogens with two attached hydrogens (primary N) is 1. The Labute approximate surface area is 110 Å². The first-order valence-corrected chi connectivity index (χ1v) is 5.92. The third kappa shape index (κ3) is 1.88. The summed E-state index contributed by atoms with van der Waals surface area (Å²) in [7, 11) is 0. The fourth-order valence-electron chi connectivity index (χ4n) is 1.91. The molecular weight excluding hydrogens is 250 g/mol. The van der Waals surface area contributed by atoms with Gasteiger partial charge in [-0.05, 0) is 31.9 Å². The van der Waals surface area contributed by atoms with Crippen molar-refractivity contribution in [2.24, 2.45) is 0 Å². The van der Waals surface area contributed by atoms with Crippen LogP contribution in [-0.4, -0.2) is 9.78 Å². The molecule has 5 heteroatoms. The van der Waals surface area contributed by atoms with Gasteiger partial charge in [-0.1, -0.05) is 29.8 Å². The molecule has 1 aromatic heterocycles. The van der Waals surface area contributed by atoms with Crippen LogP contribution in [0.4, 0.5) is 5.69 Å². The van der Waals surface area contributed by atoms with E-state index in [-0.39, 0.29) is 10.7 Å². The van der Waals surface area contributed by atoms with Crippen LogP contribution in [0.1, 0.15) is 16.8 Å². The first kappa shape index (κ1) is 12.6. The Morgan fingerprint density at radius 3 is 2.33 bits per heavy atom. The van der Waals surface area contributed by atoms with Crippen LogP contribution < -0.4 is 11.3 Å². The topological polar surface area (TPSA) is 60.9 Å². The van der Waals surface area contributed by atoms with Crippen LogP contribution >= 0.6 is 11.6 Å². The van der Waals surface area contributed by atoms with Crippen molar-refractivity contribution in [2.45, 2.75) is 20.8 Å². The third-order valence-corrected chi connectivity index (χ3v) is 3.27. The molecule has 94 valence electrons. The van der Waals surface area contributed by atoms with Gasteiger partial charge in [0.15, 0.2) is 0 Å². The molecule has 0 radical (unpaired) electrons. The fourth-order valence-corrected chi connectivity index (χ4v) is 2.12. The molecule has 2 N–H and O–H groups in total. The summed E-state index contributed by atoms with van der Waals surface area (Å²) in [5, 5.41) is 4.24. The molecule has 2 aromatic rings. The summed E-state index contributed by atoms with van der Waals surface area (Å²) in [6, 6.07) is 5.79. The van der Waals surface area contributed by atoms with Gasteiger partial charge in [0.2, 0.25) is 0 Å². The van der Waals surface area contributed by atoms with E-state index < -0.39 is 5.56 Å². The van der Waals surface area contributed by atoms with Crippen LogP contribution in [0, 0.1) is 20.8 Å². The second-order valence-corrected chi connectivity index (χ2v) is 4.65. The van der Waals surface area contributed by atoms with Gasteiger partial charge in [0.1, 0.15) is 5.02 Å². The van der Waals surface area contributed by atoms with Gasteiger partial charge in [0, 0.05) is 0 Å². The van der Waals surface area contributed by atoms with Crippen molar-refractivity contribution in [1.82, 2.24) is 9.78 Å². The van der Waals surface area contributed by atoms with E-state index in [1.54, 1.807) is 6.92 Å². The minimum Gasteiger partial charge on any atom is -0.396 e. The van der Waals surface area contributed by atoms with Gasteiger partial charge in [-0.15, -0.1) is 0 Å². The molecule has 0 amide bonds. The van der Waals surface area contributed by atoms with Crippen molar-refractivity contribution < 1.29 is 0 Å². The van der Waals surface area contributed by atoms with E-state index in [9.17, 15) is 4.79 Å². The average Bonchev–Trinajstić information content (AvgIpc) is 2.32. The number of nitrogen functional groups attached to an aromatic ring is 1. The van der Waals surface area contributed by atoms with Gasteiger partial charge < -0.3 is 5.73 Å². The maximum Gasteiger partial charge on any atom is 0.292 e. The van der Waals surface area contributed by atoms with E-state index >= 15 is 0 Å². The summed E-state index contributed by atoms with van der Waals surface area (Å²) in [6.07, 6.45) is 0. The number of aryl methyl sites for hydroxylation is 3. The second-order valence-electron chi connectivity index (χ2n) is 4.27. The lowest BCUT2D eigenvalue weighted by molar-refractivity contribution is 0.778. The predicted octanol–water partition coefficient (Wildman–Crippen LogP) is 2.39. The number of hydrogen-bond acceptors (Lipinski definition) is 3. The molecular formula is C13H14ClN3O. The van der Waals surface area contributed by atoms with Crippen molar-refractivity contribution in [3.63, 3.8) is 0 Å². The van der Waals surface area contributed by atoms with Crippen molar-refractivity contribution >= 4 is 17.3 Å². The number of nitrogens with zero attached hydrogens (tertiary/aromatic N) is 2. The van der Waals surface area contributed by atoms with Crippen LogP contribution in [0.2, 0.25) is 5.02 Å². The maximum absolute atomic E-state index is 12.1. The van der Waals surface area contributed by atoms with Gasteiger partial charge in [0.25, 0.3) is 5.56 Å². The van der Waals surface area contributed by atoms with Crippen LogP contribution in [0.5, 0.6) is 0 Å². The number of halogens is 1. The summed E-state index contributed by atoms with van der Waals surface area (Å²) in [5.41, 5.74) is 8.77. The quantitative estimate of drug-likeness (QED) is 0.859. The summed E-state index contributed by atoms with van der Waals surface area (Å²) in [6.45, 7) is 5.58. The molecule has 0 bridgehead atoms. The van der Waals surface area contributed by atoms with Gasteiger partial charge in [-0.3, -0.25) is 4.79 Å². The van der Waals surface area contributed by atoms with Gasteiger partial charge in [-0.25, -0.2) is 0 Å². The molecule has 0 spiro atoms. The monoisotopic (exact) mass is 263 g/mol. The van der Waals surface area contributed by atoms with Crippen LogP contribution in [0.15, 0.2) is 23.0 Å². The molecule has 4 nitrogen and oxygen atoms in total. The van der Waals surface area contributed by atoms with Crippen LogP contribution in [0.25, 0.3) is 5.69 Å². The zero-order chi connectivity index (χ0) is 13.4. The molecule has 0 atom stereocenters. The molecule has 0 fully saturated rings. The van der Waals surface area contributed by atoms with E-state index in [0.717, 1.165) is 16.8 Å². The summed E-state index contributed by atoms with van der Waals surface area (Å²) in [5.74, 6) is 0. The number of para-hydroxylation sites is 1. The third-order valence-electron chi connectivity index (χ3n) is 2.91. The van der Waals surface area contributed by atoms with Crippen molar-refractivity contribution in [1.29, 1.82) is 0 Å². The van der Waals surface area contributed by atoms with Gasteiger partial charge in [0.05, 0.1) is 17.1 Å². The molecule has 0 saturated carbocycles. The van der Waals surface area contributed by atoms with Gasteiger partial charge >= 0.3 is 0 Å². The lowest BCUT2D eigenvalue weighted by atomic mass is 10.1. The van der Waals surface area contributed by atoms with Crippen molar-refractivity contribution in [3.05, 3.63) is 50.4 Å². The maximum atomic E-state index is 12.1. The fraction of sp³-hybridized carbons (Fsp3) is 0.231. The summed E-state index contributed by atoms with van der Waals surface area (Å²) < 4.78 is 1.32. The number of anilines is 1. The summed E-state index contributed by atoms with van der Waals surface area (Å²) >= 11 is 5.94. The lowest BCUT2D eigenvalue weighted by Gasteiger charge is -2.13. The van der Waals surface area contributed by atoms with Crippen molar-refractivity contribution in [3.8, 4) is 5.69 Å². The Morgan fingerprint density at radius 2 is 1.78 bits per heavy atom. The molecule has 0 saturated heterocycles. The van der Waals surface area contributed by atoms with E-state index in [1.165, 1.54) is 4.68 Å². The highest BCUT2D eigenvalue weighted by molar-refractivity contribution is 6.32. The zero-order valence-electron chi connectivity index (χ0n) is 10.5. The Balaban J connectivity index is 2.85. The normalized spacial score (nSPS) is 10.7. The average molecular weight is 264 g/mol. The van der Waals surface area contributed by atoms with E-state index in [2.05, 4.69) is 5.10 Å². The minimum absolute atomic E-state index is 0.0187. The molecule has 0 aliphatic carbocycles. The summed E-state index contributed by atoms with van der Waals surface area (Å²) in [4.78, 5) is 12.1. The first-order chi connectivity index (χ1) is 8.43. The number of hydrogen-bond donors (Lipinski definition) is 1.